The molecule has 1 aromatic heterocycles. The van der Waals surface area contributed by atoms with Gasteiger partial charge in [-0.3, -0.25) is 0 Å². The van der Waals surface area contributed by atoms with E-state index in [0.717, 1.165) is 15.2 Å². The Morgan fingerprint density at radius 1 is 1.04 bits per heavy atom. The van der Waals surface area contributed by atoms with Crippen molar-refractivity contribution in [3.8, 4) is 17.0 Å². The molecule has 3 rings (SSSR count). The number of hydrogen-bond acceptors (Lipinski definition) is 4. The summed E-state index contributed by atoms with van der Waals surface area (Å²) in [6.07, 6.45) is 0. The summed E-state index contributed by atoms with van der Waals surface area (Å²) in [6, 6.07) is 15.7. The molecule has 0 aliphatic carbocycles. The van der Waals surface area contributed by atoms with Crippen LogP contribution in [0.2, 0.25) is 5.02 Å². The predicted octanol–water partition coefficient (Wildman–Crippen LogP) is 3.99. The smallest absolute Gasteiger partial charge is 0.364 e. The summed E-state index contributed by atoms with van der Waals surface area (Å²) in [7, 11) is -4.14. The van der Waals surface area contributed by atoms with E-state index in [2.05, 4.69) is 5.10 Å². The van der Waals surface area contributed by atoms with E-state index in [4.69, 9.17) is 15.8 Å². The predicted molar refractivity (Wildman–Crippen MR) is 93.5 cm³/mol. The highest BCUT2D eigenvalue weighted by atomic mass is 35.5. The van der Waals surface area contributed by atoms with E-state index in [1.54, 1.807) is 31.2 Å². The van der Waals surface area contributed by atoms with Crippen LogP contribution in [-0.4, -0.2) is 17.6 Å². The van der Waals surface area contributed by atoms with E-state index in [1.807, 2.05) is 31.2 Å². The van der Waals surface area contributed by atoms with Gasteiger partial charge in [0.25, 0.3) is 0 Å². The molecule has 0 aliphatic rings. The summed E-state index contributed by atoms with van der Waals surface area (Å²) in [6.45, 7) is 3.63. The van der Waals surface area contributed by atoms with E-state index in [1.165, 1.54) is 6.07 Å². The normalized spacial score (nSPS) is 11.5. The fourth-order valence-electron chi connectivity index (χ4n) is 2.21. The molecule has 0 bridgehead atoms. The van der Waals surface area contributed by atoms with Crippen LogP contribution in [0.25, 0.3) is 11.3 Å². The summed E-state index contributed by atoms with van der Waals surface area (Å²) < 4.78 is 31.0. The van der Waals surface area contributed by atoms with Crippen LogP contribution in [0.15, 0.2) is 54.6 Å². The van der Waals surface area contributed by atoms with Gasteiger partial charge >= 0.3 is 10.3 Å². The third-order valence-electron chi connectivity index (χ3n) is 3.44. The van der Waals surface area contributed by atoms with Crippen molar-refractivity contribution in [1.29, 1.82) is 0 Å². The Kier molecular flexibility index (Phi) is 4.34. The van der Waals surface area contributed by atoms with Crippen LogP contribution >= 0.6 is 11.6 Å². The maximum absolute atomic E-state index is 12.5. The molecule has 1 heterocycles. The van der Waals surface area contributed by atoms with Crippen LogP contribution in [0.4, 0.5) is 0 Å². The zero-order chi connectivity index (χ0) is 17.3. The lowest BCUT2D eigenvalue weighted by atomic mass is 10.1. The summed E-state index contributed by atoms with van der Waals surface area (Å²) >= 11 is 5.95. The Balaban J connectivity index is 1.97. The fraction of sp³-hybridized carbons (Fsp3) is 0.118. The monoisotopic (exact) mass is 362 g/mol. The van der Waals surface area contributed by atoms with Gasteiger partial charge in [-0.2, -0.15) is 13.5 Å². The largest absolute Gasteiger partial charge is 0.429 e. The zero-order valence-corrected chi connectivity index (χ0v) is 14.7. The van der Waals surface area contributed by atoms with Gasteiger partial charge in [0.15, 0.2) is 5.75 Å². The van der Waals surface area contributed by atoms with Crippen molar-refractivity contribution in [3.63, 3.8) is 0 Å². The summed E-state index contributed by atoms with van der Waals surface area (Å²) in [5.41, 5.74) is 2.94. The molecule has 3 aromatic rings. The summed E-state index contributed by atoms with van der Waals surface area (Å²) in [5, 5.41) is 4.38. The first-order valence-electron chi connectivity index (χ1n) is 7.20. The summed E-state index contributed by atoms with van der Waals surface area (Å²) in [5.74, 6) is 0.0611. The van der Waals surface area contributed by atoms with E-state index in [-0.39, 0.29) is 10.8 Å². The Bertz CT molecular complexity index is 979. The van der Waals surface area contributed by atoms with E-state index >= 15 is 0 Å². The van der Waals surface area contributed by atoms with Gasteiger partial charge in [0, 0.05) is 5.56 Å². The topological polar surface area (TPSA) is 61.2 Å². The molecule has 5 nitrogen and oxygen atoms in total. The molecule has 0 amide bonds. The highest BCUT2D eigenvalue weighted by Gasteiger charge is 2.22. The molecule has 0 spiro atoms. The standard InChI is InChI=1S/C17H15ClN2O3S/c1-12-7-9-14(10-8-12)16-11-13(2)20(19-16)24(21,22)23-17-6-4-3-5-15(17)18/h3-11H,1-2H3. The number of aromatic nitrogens is 2. The van der Waals surface area contributed by atoms with Gasteiger partial charge in [0.05, 0.1) is 16.4 Å². The Morgan fingerprint density at radius 2 is 1.71 bits per heavy atom. The van der Waals surface area contributed by atoms with Crippen LogP contribution in [0.5, 0.6) is 5.75 Å². The van der Waals surface area contributed by atoms with Gasteiger partial charge in [-0.05, 0) is 32.0 Å². The van der Waals surface area contributed by atoms with E-state index < -0.39 is 10.3 Å². The molecule has 0 saturated carbocycles. The van der Waals surface area contributed by atoms with Gasteiger partial charge in [-0.15, -0.1) is 4.09 Å². The molecule has 7 heteroatoms. The van der Waals surface area contributed by atoms with Gasteiger partial charge < -0.3 is 4.18 Å². The lowest BCUT2D eigenvalue weighted by Gasteiger charge is -2.09. The van der Waals surface area contributed by atoms with Crippen molar-refractivity contribution in [1.82, 2.24) is 9.19 Å². The molecule has 2 aromatic carbocycles. The minimum Gasteiger partial charge on any atom is -0.364 e. The number of aryl methyl sites for hydroxylation is 2. The maximum atomic E-state index is 12.5. The second kappa shape index (κ2) is 6.30. The quantitative estimate of drug-likeness (QED) is 0.704. The molecule has 0 unspecified atom stereocenters. The molecular weight excluding hydrogens is 348 g/mol. The van der Waals surface area contributed by atoms with Crippen LogP contribution in [0.1, 0.15) is 11.3 Å². The van der Waals surface area contributed by atoms with Gasteiger partial charge in [-0.25, -0.2) is 0 Å². The van der Waals surface area contributed by atoms with Gasteiger partial charge in [0.1, 0.15) is 0 Å². The number of halogens is 1. The fourth-order valence-corrected chi connectivity index (χ4v) is 3.47. The lowest BCUT2D eigenvalue weighted by molar-refractivity contribution is 0.468. The molecule has 0 fully saturated rings. The summed E-state index contributed by atoms with van der Waals surface area (Å²) in [4.78, 5) is 0. The van der Waals surface area contributed by atoms with Crippen molar-refractivity contribution in [2.24, 2.45) is 0 Å². The van der Waals surface area contributed by atoms with Crippen LogP contribution < -0.4 is 4.18 Å². The average molecular weight is 363 g/mol. The molecule has 24 heavy (non-hydrogen) atoms. The molecule has 0 N–H and O–H groups in total. The zero-order valence-electron chi connectivity index (χ0n) is 13.1. The highest BCUT2D eigenvalue weighted by molar-refractivity contribution is 7.85. The SMILES string of the molecule is Cc1ccc(-c2cc(C)n(S(=O)(=O)Oc3ccccc3Cl)n2)cc1. The average Bonchev–Trinajstić information content (AvgIpc) is 2.93. The van der Waals surface area contributed by atoms with Crippen LogP contribution in [-0.2, 0) is 10.3 Å². The van der Waals surface area contributed by atoms with E-state index in [9.17, 15) is 8.42 Å². The Labute approximate surface area is 145 Å². The molecule has 124 valence electrons. The number of benzene rings is 2. The van der Waals surface area contributed by atoms with Crippen LogP contribution in [0.3, 0.4) is 0 Å². The van der Waals surface area contributed by atoms with Gasteiger partial charge in [-0.1, -0.05) is 53.6 Å². The highest BCUT2D eigenvalue weighted by Crippen LogP contribution is 2.26. The molecule has 0 radical (unpaired) electrons. The van der Waals surface area contributed by atoms with Crippen molar-refractivity contribution in [3.05, 3.63) is 70.9 Å². The van der Waals surface area contributed by atoms with Crippen molar-refractivity contribution >= 4 is 21.9 Å². The molecular formula is C17H15ClN2O3S. The molecule has 0 saturated heterocycles. The second-order valence-corrected chi connectivity index (χ2v) is 7.13. The van der Waals surface area contributed by atoms with Gasteiger partial charge in [0.2, 0.25) is 0 Å². The van der Waals surface area contributed by atoms with E-state index in [0.29, 0.717) is 11.4 Å². The van der Waals surface area contributed by atoms with Crippen molar-refractivity contribution in [2.45, 2.75) is 13.8 Å². The van der Waals surface area contributed by atoms with Crippen molar-refractivity contribution < 1.29 is 12.6 Å². The maximum Gasteiger partial charge on any atom is 0.429 e. The molecule has 0 aliphatic heterocycles. The first-order chi connectivity index (χ1) is 11.4. The Morgan fingerprint density at radius 3 is 2.38 bits per heavy atom. The minimum atomic E-state index is -4.14. The third kappa shape index (κ3) is 3.29. The molecule has 0 atom stereocenters. The van der Waals surface area contributed by atoms with Crippen LogP contribution in [0, 0.1) is 13.8 Å². The number of para-hydroxylation sites is 1. The van der Waals surface area contributed by atoms with Crippen molar-refractivity contribution in [2.75, 3.05) is 0 Å². The Hall–Kier alpha value is -2.31. The lowest BCUT2D eigenvalue weighted by Crippen LogP contribution is -2.21. The number of hydrogen-bond donors (Lipinski definition) is 0. The minimum absolute atomic E-state index is 0.0611. The first-order valence-corrected chi connectivity index (χ1v) is 8.94. The number of rotatable bonds is 4. The number of nitrogens with zero attached hydrogens (tertiary/aromatic N) is 2. The second-order valence-electron chi connectivity index (χ2n) is 5.35. The third-order valence-corrected chi connectivity index (χ3v) is 4.93. The first kappa shape index (κ1) is 16.5.